The molecule has 2 aromatic carbocycles. The van der Waals surface area contributed by atoms with Crippen molar-refractivity contribution in [3.05, 3.63) is 96.4 Å². The van der Waals surface area contributed by atoms with Crippen LogP contribution in [0.1, 0.15) is 17.0 Å². The SMILES string of the molecule is c1ccc(C(CNc2ncnc3ncccc23)c2ccccc2)cc1. The molecule has 0 aliphatic carbocycles. The number of benzene rings is 2. The third-order valence-corrected chi connectivity index (χ3v) is 4.29. The first-order valence-corrected chi connectivity index (χ1v) is 8.31. The summed E-state index contributed by atoms with van der Waals surface area (Å²) in [6, 6.07) is 25.0. The topological polar surface area (TPSA) is 50.7 Å². The number of anilines is 1. The van der Waals surface area contributed by atoms with Gasteiger partial charge in [-0.05, 0) is 23.3 Å². The monoisotopic (exact) mass is 326 g/mol. The van der Waals surface area contributed by atoms with Crippen molar-refractivity contribution in [1.82, 2.24) is 15.0 Å². The fourth-order valence-corrected chi connectivity index (χ4v) is 3.03. The third-order valence-electron chi connectivity index (χ3n) is 4.29. The van der Waals surface area contributed by atoms with Crippen LogP contribution in [-0.4, -0.2) is 21.5 Å². The molecule has 0 fully saturated rings. The standard InChI is InChI=1S/C21H18N4/c1-3-8-16(9-4-1)19(17-10-5-2-6-11-17)14-23-21-18-12-7-13-22-20(18)24-15-25-21/h1-13,15,19H,14H2,(H,22,23,24,25). The Morgan fingerprint density at radius 3 is 2.08 bits per heavy atom. The molecule has 25 heavy (non-hydrogen) atoms. The van der Waals surface area contributed by atoms with Gasteiger partial charge in [0.15, 0.2) is 5.65 Å². The number of fused-ring (bicyclic) bond motifs is 1. The van der Waals surface area contributed by atoms with Crippen LogP contribution in [0, 0.1) is 0 Å². The molecule has 4 rings (SSSR count). The molecule has 0 aliphatic heterocycles. The maximum atomic E-state index is 4.40. The summed E-state index contributed by atoms with van der Waals surface area (Å²) in [6.07, 6.45) is 3.30. The van der Waals surface area contributed by atoms with Crippen molar-refractivity contribution >= 4 is 16.9 Å². The van der Waals surface area contributed by atoms with E-state index >= 15 is 0 Å². The van der Waals surface area contributed by atoms with Crippen LogP contribution >= 0.6 is 0 Å². The summed E-state index contributed by atoms with van der Waals surface area (Å²) < 4.78 is 0. The van der Waals surface area contributed by atoms with E-state index in [2.05, 4.69) is 68.8 Å². The number of aromatic nitrogens is 3. The molecule has 4 aromatic rings. The van der Waals surface area contributed by atoms with Crippen LogP contribution in [0.2, 0.25) is 0 Å². The molecule has 0 unspecified atom stereocenters. The summed E-state index contributed by atoms with van der Waals surface area (Å²) >= 11 is 0. The van der Waals surface area contributed by atoms with Gasteiger partial charge in [0.2, 0.25) is 0 Å². The summed E-state index contributed by atoms with van der Waals surface area (Å²) in [6.45, 7) is 0.745. The van der Waals surface area contributed by atoms with Gasteiger partial charge in [-0.1, -0.05) is 60.7 Å². The molecule has 2 aromatic heterocycles. The van der Waals surface area contributed by atoms with E-state index in [1.54, 1.807) is 12.5 Å². The molecule has 4 heteroatoms. The highest BCUT2D eigenvalue weighted by molar-refractivity contribution is 5.85. The van der Waals surface area contributed by atoms with Crippen molar-refractivity contribution in [2.24, 2.45) is 0 Å². The zero-order chi connectivity index (χ0) is 16.9. The van der Waals surface area contributed by atoms with Gasteiger partial charge in [0.1, 0.15) is 12.1 Å². The Hall–Kier alpha value is -3.27. The Kier molecular flexibility index (Phi) is 4.33. The predicted molar refractivity (Wildman–Crippen MR) is 101 cm³/mol. The molecule has 0 saturated carbocycles. The number of hydrogen-bond donors (Lipinski definition) is 1. The van der Waals surface area contributed by atoms with Crippen molar-refractivity contribution in [2.75, 3.05) is 11.9 Å². The van der Waals surface area contributed by atoms with E-state index in [4.69, 9.17) is 0 Å². The van der Waals surface area contributed by atoms with Crippen LogP contribution in [0.4, 0.5) is 5.82 Å². The van der Waals surface area contributed by atoms with E-state index in [1.165, 1.54) is 11.1 Å². The minimum absolute atomic E-state index is 0.240. The van der Waals surface area contributed by atoms with Gasteiger partial charge in [0.25, 0.3) is 0 Å². The van der Waals surface area contributed by atoms with Gasteiger partial charge in [-0.3, -0.25) is 0 Å². The Labute approximate surface area is 146 Å². The van der Waals surface area contributed by atoms with Gasteiger partial charge >= 0.3 is 0 Å². The van der Waals surface area contributed by atoms with Crippen molar-refractivity contribution in [3.63, 3.8) is 0 Å². The summed E-state index contributed by atoms with van der Waals surface area (Å²) in [5, 5.41) is 4.43. The van der Waals surface area contributed by atoms with E-state index < -0.39 is 0 Å². The number of hydrogen-bond acceptors (Lipinski definition) is 4. The van der Waals surface area contributed by atoms with Crippen molar-refractivity contribution in [3.8, 4) is 0 Å². The van der Waals surface area contributed by atoms with Crippen molar-refractivity contribution in [2.45, 2.75) is 5.92 Å². The van der Waals surface area contributed by atoms with E-state index in [9.17, 15) is 0 Å². The molecule has 0 amide bonds. The van der Waals surface area contributed by atoms with Crippen LogP contribution in [0.3, 0.4) is 0 Å². The molecule has 4 nitrogen and oxygen atoms in total. The smallest absolute Gasteiger partial charge is 0.164 e. The average molecular weight is 326 g/mol. The molecular formula is C21H18N4. The maximum absolute atomic E-state index is 4.40. The summed E-state index contributed by atoms with van der Waals surface area (Å²) in [5.74, 6) is 1.05. The number of rotatable bonds is 5. The molecule has 0 bridgehead atoms. The van der Waals surface area contributed by atoms with Crippen LogP contribution in [-0.2, 0) is 0 Å². The second kappa shape index (κ2) is 7.09. The van der Waals surface area contributed by atoms with Gasteiger partial charge in [0.05, 0.1) is 5.39 Å². The largest absolute Gasteiger partial charge is 0.368 e. The molecule has 0 radical (unpaired) electrons. The lowest BCUT2D eigenvalue weighted by Crippen LogP contribution is -2.15. The van der Waals surface area contributed by atoms with Gasteiger partial charge < -0.3 is 5.32 Å². The maximum Gasteiger partial charge on any atom is 0.164 e. The fraction of sp³-hybridized carbons (Fsp3) is 0.0952. The van der Waals surface area contributed by atoms with Crippen molar-refractivity contribution < 1.29 is 0 Å². The Balaban J connectivity index is 1.65. The van der Waals surface area contributed by atoms with E-state index in [-0.39, 0.29) is 5.92 Å². The molecule has 1 N–H and O–H groups in total. The second-order valence-electron chi connectivity index (χ2n) is 5.85. The van der Waals surface area contributed by atoms with Crippen LogP contribution < -0.4 is 5.32 Å². The molecular weight excluding hydrogens is 308 g/mol. The van der Waals surface area contributed by atoms with Gasteiger partial charge in [-0.2, -0.15) is 0 Å². The molecule has 0 saturated heterocycles. The molecule has 2 heterocycles. The van der Waals surface area contributed by atoms with Crippen LogP contribution in [0.5, 0.6) is 0 Å². The molecule has 0 atom stereocenters. The zero-order valence-electron chi connectivity index (χ0n) is 13.7. The number of pyridine rings is 1. The zero-order valence-corrected chi connectivity index (χ0v) is 13.7. The normalized spacial score (nSPS) is 10.9. The minimum Gasteiger partial charge on any atom is -0.368 e. The highest BCUT2D eigenvalue weighted by Crippen LogP contribution is 2.26. The second-order valence-corrected chi connectivity index (χ2v) is 5.85. The minimum atomic E-state index is 0.240. The van der Waals surface area contributed by atoms with Gasteiger partial charge in [-0.15, -0.1) is 0 Å². The lowest BCUT2D eigenvalue weighted by atomic mass is 9.91. The first kappa shape index (κ1) is 15.3. The summed E-state index contributed by atoms with van der Waals surface area (Å²) in [7, 11) is 0. The first-order valence-electron chi connectivity index (χ1n) is 8.31. The number of nitrogens with one attached hydrogen (secondary N) is 1. The lowest BCUT2D eigenvalue weighted by molar-refractivity contribution is 0.849. The Morgan fingerprint density at radius 1 is 0.720 bits per heavy atom. The Bertz CT molecular complexity index is 910. The molecule has 0 aliphatic rings. The van der Waals surface area contributed by atoms with Crippen LogP contribution in [0.25, 0.3) is 11.0 Å². The Morgan fingerprint density at radius 2 is 1.40 bits per heavy atom. The van der Waals surface area contributed by atoms with Crippen LogP contribution in [0.15, 0.2) is 85.3 Å². The van der Waals surface area contributed by atoms with Gasteiger partial charge in [-0.25, -0.2) is 15.0 Å². The summed E-state index contributed by atoms with van der Waals surface area (Å²) in [4.78, 5) is 12.9. The first-order chi connectivity index (χ1) is 12.4. The lowest BCUT2D eigenvalue weighted by Gasteiger charge is -2.19. The third kappa shape index (κ3) is 3.33. The fourth-order valence-electron chi connectivity index (χ4n) is 3.03. The predicted octanol–water partition coefficient (Wildman–Crippen LogP) is 4.27. The molecule has 0 spiro atoms. The van der Waals surface area contributed by atoms with E-state index in [0.717, 1.165) is 17.7 Å². The van der Waals surface area contributed by atoms with E-state index in [0.29, 0.717) is 5.65 Å². The molecule has 122 valence electrons. The quantitative estimate of drug-likeness (QED) is 0.595. The van der Waals surface area contributed by atoms with E-state index in [1.807, 2.05) is 24.3 Å². The summed E-state index contributed by atoms with van der Waals surface area (Å²) in [5.41, 5.74) is 3.26. The van der Waals surface area contributed by atoms with Crippen molar-refractivity contribution in [1.29, 1.82) is 0 Å². The van der Waals surface area contributed by atoms with Gasteiger partial charge in [0, 0.05) is 18.7 Å². The highest BCUT2D eigenvalue weighted by atomic mass is 15.0. The average Bonchev–Trinajstić information content (AvgIpc) is 2.70. The highest BCUT2D eigenvalue weighted by Gasteiger charge is 2.14. The number of nitrogens with zero attached hydrogens (tertiary/aromatic N) is 3.